The average Bonchev–Trinajstić information content (AvgIpc) is 2.83. The summed E-state index contributed by atoms with van der Waals surface area (Å²) in [6.07, 6.45) is 4.25. The molecule has 6 heteroatoms. The predicted octanol–water partition coefficient (Wildman–Crippen LogP) is 3.22. The number of thiophene rings is 1. The van der Waals surface area contributed by atoms with Crippen LogP contribution in [0.4, 0.5) is 5.00 Å². The van der Waals surface area contributed by atoms with E-state index in [-0.39, 0.29) is 11.9 Å². The van der Waals surface area contributed by atoms with Gasteiger partial charge in [0, 0.05) is 10.9 Å². The maximum Gasteiger partial charge on any atom is 0.341 e. The van der Waals surface area contributed by atoms with E-state index in [1.807, 2.05) is 13.8 Å². The van der Waals surface area contributed by atoms with Crippen molar-refractivity contribution in [3.05, 3.63) is 16.0 Å². The van der Waals surface area contributed by atoms with Crippen LogP contribution < -0.4 is 5.32 Å². The second-order valence-corrected chi connectivity index (χ2v) is 7.27. The number of nitrogens with one attached hydrogen (secondary N) is 1. The third-order valence-corrected chi connectivity index (χ3v) is 5.56. The van der Waals surface area contributed by atoms with Crippen molar-refractivity contribution in [3.8, 4) is 0 Å². The highest BCUT2D eigenvalue weighted by molar-refractivity contribution is 7.16. The molecule has 0 aromatic carbocycles. The van der Waals surface area contributed by atoms with Crippen molar-refractivity contribution in [2.75, 3.05) is 25.5 Å². The number of carbonyl (C=O) groups is 2. The number of piperidine rings is 1. The van der Waals surface area contributed by atoms with Crippen LogP contribution in [0.15, 0.2) is 0 Å². The number of rotatable bonds is 5. The molecule has 0 spiro atoms. The first-order valence-electron chi connectivity index (χ1n) is 8.22. The van der Waals surface area contributed by atoms with Gasteiger partial charge in [-0.25, -0.2) is 4.79 Å². The van der Waals surface area contributed by atoms with Gasteiger partial charge in [0.1, 0.15) is 5.00 Å². The van der Waals surface area contributed by atoms with E-state index in [1.165, 1.54) is 24.9 Å². The first-order valence-corrected chi connectivity index (χ1v) is 9.04. The van der Waals surface area contributed by atoms with Gasteiger partial charge in [0.2, 0.25) is 5.91 Å². The highest BCUT2D eigenvalue weighted by Gasteiger charge is 2.25. The molecule has 1 amide bonds. The molecule has 0 radical (unpaired) electrons. The van der Waals surface area contributed by atoms with Crippen molar-refractivity contribution in [2.24, 2.45) is 0 Å². The highest BCUT2D eigenvalue weighted by Crippen LogP contribution is 2.34. The fourth-order valence-corrected chi connectivity index (χ4v) is 4.30. The summed E-state index contributed by atoms with van der Waals surface area (Å²) in [6, 6.07) is 0.436. The lowest BCUT2D eigenvalue weighted by molar-refractivity contribution is -0.118. The Hall–Kier alpha value is -1.40. The molecule has 23 heavy (non-hydrogen) atoms. The van der Waals surface area contributed by atoms with Gasteiger partial charge in [0.05, 0.1) is 19.2 Å². The molecular weight excluding hydrogens is 312 g/mol. The van der Waals surface area contributed by atoms with Crippen LogP contribution >= 0.6 is 11.3 Å². The van der Waals surface area contributed by atoms with Crippen LogP contribution in [0.1, 0.15) is 53.9 Å². The molecule has 1 saturated heterocycles. The number of ether oxygens (including phenoxy) is 1. The Bertz CT molecular complexity index is 583. The summed E-state index contributed by atoms with van der Waals surface area (Å²) in [4.78, 5) is 27.7. The molecule has 1 atom stereocenters. The summed E-state index contributed by atoms with van der Waals surface area (Å²) in [5.41, 5.74) is 1.47. The van der Waals surface area contributed by atoms with Crippen LogP contribution in [0.5, 0.6) is 0 Å². The van der Waals surface area contributed by atoms with Crippen LogP contribution in [0.25, 0.3) is 0 Å². The molecule has 2 rings (SSSR count). The largest absolute Gasteiger partial charge is 0.465 e. The maximum absolute atomic E-state index is 12.4. The lowest BCUT2D eigenvalue weighted by Crippen LogP contribution is -2.42. The third-order valence-electron chi connectivity index (χ3n) is 4.49. The summed E-state index contributed by atoms with van der Waals surface area (Å²) in [5.74, 6) is -0.444. The number of amides is 1. The predicted molar refractivity (Wildman–Crippen MR) is 93.3 cm³/mol. The van der Waals surface area contributed by atoms with E-state index in [2.05, 4.69) is 17.1 Å². The smallest absolute Gasteiger partial charge is 0.341 e. The van der Waals surface area contributed by atoms with Crippen LogP contribution in [-0.2, 0) is 16.0 Å². The monoisotopic (exact) mass is 338 g/mol. The zero-order valence-corrected chi connectivity index (χ0v) is 15.2. The molecule has 1 fully saturated rings. The number of hydrogen-bond donors (Lipinski definition) is 1. The van der Waals surface area contributed by atoms with Crippen LogP contribution in [0.3, 0.4) is 0 Å². The third kappa shape index (κ3) is 4.12. The van der Waals surface area contributed by atoms with Gasteiger partial charge < -0.3 is 10.1 Å². The summed E-state index contributed by atoms with van der Waals surface area (Å²) < 4.78 is 4.89. The number of anilines is 1. The number of aryl methyl sites for hydroxylation is 1. The van der Waals surface area contributed by atoms with Crippen molar-refractivity contribution in [2.45, 2.75) is 52.5 Å². The van der Waals surface area contributed by atoms with E-state index in [0.29, 0.717) is 23.2 Å². The van der Waals surface area contributed by atoms with E-state index >= 15 is 0 Å². The molecule has 0 bridgehead atoms. The number of nitrogens with zero attached hydrogens (tertiary/aromatic N) is 1. The van der Waals surface area contributed by atoms with E-state index in [9.17, 15) is 9.59 Å². The van der Waals surface area contributed by atoms with Gasteiger partial charge in [-0.15, -0.1) is 11.3 Å². The fourth-order valence-electron chi connectivity index (χ4n) is 3.15. The standard InChI is InChI=1S/C17H26N2O3S/c1-5-13-12(3)23-16(15(13)17(21)22-4)18-14(20)10-19-9-7-6-8-11(19)2/h11H,5-10H2,1-4H3,(H,18,20). The normalized spacial score (nSPS) is 18.7. The van der Waals surface area contributed by atoms with Crippen molar-refractivity contribution in [3.63, 3.8) is 0 Å². The molecule has 1 unspecified atom stereocenters. The maximum atomic E-state index is 12.4. The zero-order valence-electron chi connectivity index (χ0n) is 14.4. The first kappa shape index (κ1) is 17.9. The Kier molecular flexibility index (Phi) is 6.18. The van der Waals surface area contributed by atoms with E-state index in [1.54, 1.807) is 0 Å². The van der Waals surface area contributed by atoms with Gasteiger partial charge in [-0.1, -0.05) is 13.3 Å². The van der Waals surface area contributed by atoms with Gasteiger partial charge in [-0.3, -0.25) is 9.69 Å². The van der Waals surface area contributed by atoms with Crippen molar-refractivity contribution in [1.82, 2.24) is 4.90 Å². The molecule has 1 N–H and O–H groups in total. The van der Waals surface area contributed by atoms with E-state index in [0.717, 1.165) is 36.2 Å². The van der Waals surface area contributed by atoms with Gasteiger partial charge in [0.25, 0.3) is 0 Å². The van der Waals surface area contributed by atoms with E-state index in [4.69, 9.17) is 4.74 Å². The van der Waals surface area contributed by atoms with Crippen LogP contribution in [0, 0.1) is 6.92 Å². The minimum Gasteiger partial charge on any atom is -0.465 e. The van der Waals surface area contributed by atoms with Crippen LogP contribution in [0.2, 0.25) is 0 Å². The molecule has 0 aliphatic carbocycles. The quantitative estimate of drug-likeness (QED) is 0.838. The summed E-state index contributed by atoms with van der Waals surface area (Å²) >= 11 is 1.45. The molecule has 1 aromatic rings. The first-order chi connectivity index (χ1) is 11.0. The number of esters is 1. The minimum atomic E-state index is -0.382. The second kappa shape index (κ2) is 7.93. The number of methoxy groups -OCH3 is 1. The van der Waals surface area contributed by atoms with Gasteiger partial charge in [-0.05, 0) is 45.2 Å². The molecule has 2 heterocycles. The topological polar surface area (TPSA) is 58.6 Å². The molecule has 1 aromatic heterocycles. The second-order valence-electron chi connectivity index (χ2n) is 6.05. The highest BCUT2D eigenvalue weighted by atomic mass is 32.1. The molecule has 5 nitrogen and oxygen atoms in total. The summed E-state index contributed by atoms with van der Waals surface area (Å²) in [6.45, 7) is 7.47. The Balaban J connectivity index is 2.12. The zero-order chi connectivity index (χ0) is 17.0. The number of carbonyl (C=O) groups excluding carboxylic acids is 2. The molecule has 0 saturated carbocycles. The fraction of sp³-hybridized carbons (Fsp3) is 0.647. The van der Waals surface area contributed by atoms with Gasteiger partial charge in [-0.2, -0.15) is 0 Å². The Morgan fingerprint density at radius 3 is 2.74 bits per heavy atom. The lowest BCUT2D eigenvalue weighted by atomic mass is 10.0. The summed E-state index contributed by atoms with van der Waals surface area (Å²) in [7, 11) is 1.37. The molecular formula is C17H26N2O3S. The Labute approximate surface area is 142 Å². The Morgan fingerprint density at radius 1 is 1.39 bits per heavy atom. The summed E-state index contributed by atoms with van der Waals surface area (Å²) in [5, 5.41) is 3.54. The van der Waals surface area contributed by atoms with Crippen molar-refractivity contribution in [1.29, 1.82) is 0 Å². The van der Waals surface area contributed by atoms with Gasteiger partial charge >= 0.3 is 5.97 Å². The lowest BCUT2D eigenvalue weighted by Gasteiger charge is -2.32. The number of likely N-dealkylation sites (tertiary alicyclic amines) is 1. The average molecular weight is 338 g/mol. The van der Waals surface area contributed by atoms with Crippen molar-refractivity contribution < 1.29 is 14.3 Å². The van der Waals surface area contributed by atoms with E-state index < -0.39 is 0 Å². The van der Waals surface area contributed by atoms with Crippen molar-refractivity contribution >= 4 is 28.2 Å². The molecule has 1 aliphatic rings. The molecule has 128 valence electrons. The van der Waals surface area contributed by atoms with Gasteiger partial charge in [0.15, 0.2) is 0 Å². The Morgan fingerprint density at radius 2 is 2.13 bits per heavy atom. The SMILES string of the molecule is CCc1c(C)sc(NC(=O)CN2CCCCC2C)c1C(=O)OC. The molecule has 1 aliphatic heterocycles. The number of hydrogen-bond acceptors (Lipinski definition) is 5. The van der Waals surface area contributed by atoms with Crippen LogP contribution in [-0.4, -0.2) is 43.0 Å². The minimum absolute atomic E-state index is 0.0622.